The Kier molecular flexibility index (Phi) is 3.80. The molecule has 1 aliphatic heterocycles. The Labute approximate surface area is 159 Å². The van der Waals surface area contributed by atoms with E-state index in [1.165, 1.54) is 0 Å². The molecule has 132 valence electrons. The predicted octanol–water partition coefficient (Wildman–Crippen LogP) is 2.75. The van der Waals surface area contributed by atoms with Gasteiger partial charge in [0.15, 0.2) is 0 Å². The van der Waals surface area contributed by atoms with Gasteiger partial charge in [0.25, 0.3) is 11.9 Å². The van der Waals surface area contributed by atoms with Crippen molar-refractivity contribution < 1.29 is 4.79 Å². The molecular formula is C22H13N5O. The van der Waals surface area contributed by atoms with Crippen LogP contribution in [-0.2, 0) is 0 Å². The number of hydrogen-bond acceptors (Lipinski definition) is 3. The molecule has 0 fully saturated rings. The number of carbonyl (C=O) groups excluding carboxylic acids is 1. The number of nitrogens with zero attached hydrogens (tertiary/aromatic N) is 5. The molecule has 0 radical (unpaired) electrons. The number of fused-ring (bicyclic) bond motifs is 2. The molecule has 2 aromatic heterocycles. The van der Waals surface area contributed by atoms with E-state index in [1.807, 2.05) is 60.7 Å². The van der Waals surface area contributed by atoms with Crippen LogP contribution in [0, 0.1) is 0 Å². The number of carbonyl (C=O) groups is 1. The van der Waals surface area contributed by atoms with Crippen LogP contribution in [0.4, 0.5) is 0 Å². The molecule has 6 nitrogen and oxygen atoms in total. The molecule has 5 rings (SSSR count). The first-order valence-corrected chi connectivity index (χ1v) is 8.74. The van der Waals surface area contributed by atoms with Crippen molar-refractivity contribution in [2.24, 2.45) is 15.0 Å². The third kappa shape index (κ3) is 2.87. The molecule has 0 atom stereocenters. The Morgan fingerprint density at radius 3 is 2.36 bits per heavy atom. The van der Waals surface area contributed by atoms with Gasteiger partial charge in [-0.3, -0.25) is 9.78 Å². The Bertz CT molecular complexity index is 1340. The second-order valence-electron chi connectivity index (χ2n) is 6.24. The van der Waals surface area contributed by atoms with Crippen LogP contribution in [0.15, 0.2) is 94.1 Å². The normalized spacial score (nSPS) is 12.2. The molecule has 1 aliphatic rings. The van der Waals surface area contributed by atoms with Gasteiger partial charge in [0.05, 0.1) is 27.5 Å². The summed E-state index contributed by atoms with van der Waals surface area (Å²) in [5.41, 5.74) is 2.67. The number of amides is 1. The van der Waals surface area contributed by atoms with Gasteiger partial charge in [-0.1, -0.05) is 30.3 Å². The molecule has 0 unspecified atom stereocenters. The number of pyridine rings is 2. The fraction of sp³-hybridized carbons (Fsp3) is 0. The van der Waals surface area contributed by atoms with Gasteiger partial charge < -0.3 is 0 Å². The van der Waals surface area contributed by atoms with Crippen molar-refractivity contribution in [1.82, 2.24) is 9.97 Å². The highest BCUT2D eigenvalue weighted by molar-refractivity contribution is 6.11. The minimum Gasteiger partial charge on any atom is -0.267 e. The van der Waals surface area contributed by atoms with Gasteiger partial charge in [-0.05, 0) is 36.4 Å². The first kappa shape index (κ1) is 16.1. The Morgan fingerprint density at radius 1 is 0.857 bits per heavy atom. The summed E-state index contributed by atoms with van der Waals surface area (Å²) < 4.78 is 0. The number of para-hydroxylation sites is 3. The largest absolute Gasteiger partial charge is 0.281 e. The van der Waals surface area contributed by atoms with E-state index in [0.29, 0.717) is 22.0 Å². The van der Waals surface area contributed by atoms with Gasteiger partial charge in [0.2, 0.25) is 0 Å². The topological polar surface area (TPSA) is 79.9 Å². The monoisotopic (exact) mass is 363 g/mol. The van der Waals surface area contributed by atoms with Gasteiger partial charge in [0.1, 0.15) is 0 Å². The summed E-state index contributed by atoms with van der Waals surface area (Å²) in [7, 11) is 0. The second kappa shape index (κ2) is 6.59. The summed E-state index contributed by atoms with van der Waals surface area (Å²) in [6.45, 7) is 0. The van der Waals surface area contributed by atoms with E-state index in [4.69, 9.17) is 0 Å². The van der Waals surface area contributed by atoms with E-state index in [2.05, 4.69) is 24.9 Å². The lowest BCUT2D eigenvalue weighted by atomic mass is 10.0. The first-order chi connectivity index (χ1) is 13.8. The zero-order chi connectivity index (χ0) is 18.9. The highest BCUT2D eigenvalue weighted by Gasteiger charge is 2.15. The van der Waals surface area contributed by atoms with Crippen molar-refractivity contribution in [1.29, 1.82) is 0 Å². The Hall–Kier alpha value is -4.06. The van der Waals surface area contributed by atoms with Crippen LogP contribution in [0.25, 0.3) is 22.2 Å². The fourth-order valence-electron chi connectivity index (χ4n) is 3.11. The van der Waals surface area contributed by atoms with Crippen LogP contribution >= 0.6 is 0 Å². The molecule has 6 heteroatoms. The van der Waals surface area contributed by atoms with Gasteiger partial charge in [-0.15, -0.1) is 0 Å². The minimum absolute atomic E-state index is 0.162. The zero-order valence-electron chi connectivity index (χ0n) is 14.6. The maximum atomic E-state index is 13.0. The molecule has 0 aliphatic carbocycles. The summed E-state index contributed by atoms with van der Waals surface area (Å²) in [5, 5.41) is 2.16. The average Bonchev–Trinajstić information content (AvgIpc) is 3.15. The van der Waals surface area contributed by atoms with Crippen LogP contribution in [0.5, 0.6) is 0 Å². The highest BCUT2D eigenvalue weighted by Crippen LogP contribution is 2.25. The highest BCUT2D eigenvalue weighted by atomic mass is 16.1. The lowest BCUT2D eigenvalue weighted by Crippen LogP contribution is -2.19. The molecule has 28 heavy (non-hydrogen) atoms. The van der Waals surface area contributed by atoms with E-state index >= 15 is 0 Å². The molecule has 0 N–H and O–H groups in total. The molecule has 1 amide bonds. The molecular weight excluding hydrogens is 350 g/mol. The molecule has 0 spiro atoms. The standard InChI is InChI=1S/C22H13N5O/c28-21(27-22-25-18-9-3-4-10-19(18)26-22)16-12-20(14-6-5-11-23-13-14)24-17-8-2-1-7-15(16)17/h1-13H. The third-order valence-electron chi connectivity index (χ3n) is 4.43. The number of hydrogen-bond donors (Lipinski definition) is 0. The Balaban J connectivity index is 1.65. The lowest BCUT2D eigenvalue weighted by molar-refractivity contribution is 0.100. The maximum Gasteiger partial charge on any atom is 0.281 e. The number of guanidine groups is 1. The van der Waals surface area contributed by atoms with Crippen LogP contribution in [-0.4, -0.2) is 21.8 Å². The second-order valence-corrected chi connectivity index (χ2v) is 6.24. The van der Waals surface area contributed by atoms with Gasteiger partial charge in [-0.25, -0.2) is 15.0 Å². The van der Waals surface area contributed by atoms with E-state index in [1.54, 1.807) is 18.5 Å². The fourth-order valence-corrected chi connectivity index (χ4v) is 3.11. The van der Waals surface area contributed by atoms with Crippen LogP contribution in [0.3, 0.4) is 0 Å². The third-order valence-corrected chi connectivity index (χ3v) is 4.43. The molecule has 4 aromatic rings. The van der Waals surface area contributed by atoms with Crippen molar-refractivity contribution in [2.45, 2.75) is 0 Å². The van der Waals surface area contributed by atoms with Crippen LogP contribution < -0.4 is 10.7 Å². The van der Waals surface area contributed by atoms with Crippen molar-refractivity contribution >= 4 is 22.8 Å². The van der Waals surface area contributed by atoms with E-state index in [0.717, 1.165) is 16.5 Å². The number of benzene rings is 2. The molecule has 0 saturated heterocycles. The Morgan fingerprint density at radius 2 is 1.61 bits per heavy atom. The smallest absolute Gasteiger partial charge is 0.267 e. The van der Waals surface area contributed by atoms with Gasteiger partial charge in [0, 0.05) is 23.3 Å². The maximum absolute atomic E-state index is 13.0. The van der Waals surface area contributed by atoms with Gasteiger partial charge >= 0.3 is 0 Å². The van der Waals surface area contributed by atoms with Crippen molar-refractivity contribution in [3.05, 3.63) is 95.4 Å². The summed E-state index contributed by atoms with van der Waals surface area (Å²) in [5.74, 6) is -0.242. The minimum atomic E-state index is -0.404. The predicted molar refractivity (Wildman–Crippen MR) is 105 cm³/mol. The molecule has 2 aromatic carbocycles. The first-order valence-electron chi connectivity index (χ1n) is 8.74. The number of rotatable bonds is 2. The number of aromatic nitrogens is 2. The number of aliphatic imine (C=N–C) groups is 1. The summed E-state index contributed by atoms with van der Waals surface area (Å²) in [4.78, 5) is 34.6. The van der Waals surface area contributed by atoms with Crippen LogP contribution in [0.1, 0.15) is 10.4 Å². The van der Waals surface area contributed by atoms with Gasteiger partial charge in [-0.2, -0.15) is 4.99 Å². The SMILES string of the molecule is O=C(N=C1N=c2ccccc2=N1)c1cc(-c2cccnc2)nc2ccccc12. The molecule has 3 heterocycles. The quantitative estimate of drug-likeness (QED) is 0.549. The average molecular weight is 363 g/mol. The molecule has 0 saturated carbocycles. The van der Waals surface area contributed by atoms with E-state index in [-0.39, 0.29) is 5.96 Å². The molecule has 0 bridgehead atoms. The summed E-state index contributed by atoms with van der Waals surface area (Å²) >= 11 is 0. The van der Waals surface area contributed by atoms with E-state index < -0.39 is 5.91 Å². The zero-order valence-corrected chi connectivity index (χ0v) is 14.6. The van der Waals surface area contributed by atoms with E-state index in [9.17, 15) is 4.79 Å². The summed E-state index contributed by atoms with van der Waals surface area (Å²) in [6, 6.07) is 20.4. The summed E-state index contributed by atoms with van der Waals surface area (Å²) in [6.07, 6.45) is 3.42. The van der Waals surface area contributed by atoms with Crippen molar-refractivity contribution in [3.8, 4) is 11.3 Å². The van der Waals surface area contributed by atoms with Crippen molar-refractivity contribution in [3.63, 3.8) is 0 Å². The lowest BCUT2D eigenvalue weighted by Gasteiger charge is -2.07. The van der Waals surface area contributed by atoms with Crippen LogP contribution in [0.2, 0.25) is 0 Å². The van der Waals surface area contributed by atoms with Crippen molar-refractivity contribution in [2.75, 3.05) is 0 Å².